The summed E-state index contributed by atoms with van der Waals surface area (Å²) in [5.74, 6) is -9.57. The topological polar surface area (TPSA) is 370 Å². The molecule has 0 aromatic heterocycles. The van der Waals surface area contributed by atoms with Gasteiger partial charge in [-0.15, -0.1) is 0 Å². The lowest BCUT2D eigenvalue weighted by Gasteiger charge is -2.41. The molecule has 518 valence electrons. The van der Waals surface area contributed by atoms with Crippen LogP contribution < -0.4 is 26.6 Å². The normalized spacial score (nSPS) is 19.0. The number of benzene rings is 2. The Labute approximate surface area is 549 Å². The summed E-state index contributed by atoms with van der Waals surface area (Å²) in [6.45, 7) is 13.5. The van der Waals surface area contributed by atoms with Crippen LogP contribution in [-0.2, 0) is 73.6 Å². The molecule has 11 amide bonds. The fourth-order valence-electron chi connectivity index (χ4n) is 12.3. The van der Waals surface area contributed by atoms with E-state index in [0.29, 0.717) is 43.4 Å². The van der Waals surface area contributed by atoms with Gasteiger partial charge in [0.05, 0.1) is 61.8 Å². The van der Waals surface area contributed by atoms with Crippen molar-refractivity contribution in [1.29, 1.82) is 0 Å². The van der Waals surface area contributed by atoms with Crippen molar-refractivity contribution in [2.45, 2.75) is 180 Å². The first-order chi connectivity index (χ1) is 44.5. The van der Waals surface area contributed by atoms with Crippen molar-refractivity contribution in [2.75, 3.05) is 59.9 Å². The molecule has 2 saturated heterocycles. The molecule has 0 unspecified atom stereocenters. The quantitative estimate of drug-likeness (QED) is 0.0466. The maximum atomic E-state index is 14.8. The Morgan fingerprint density at radius 2 is 1.32 bits per heavy atom. The Balaban J connectivity index is 1.16. The molecule has 94 heavy (non-hydrogen) atoms. The van der Waals surface area contributed by atoms with Crippen LogP contribution in [0.1, 0.15) is 124 Å². The Kier molecular flexibility index (Phi) is 29.1. The molecule has 0 aliphatic carbocycles. The number of nitrogens with zero attached hydrogens (tertiary/aromatic N) is 5. The van der Waals surface area contributed by atoms with E-state index in [0.717, 1.165) is 22.0 Å². The molecule has 0 bridgehead atoms. The van der Waals surface area contributed by atoms with Crippen molar-refractivity contribution in [2.24, 2.45) is 23.7 Å². The Morgan fingerprint density at radius 3 is 1.89 bits per heavy atom. The molecule has 28 nitrogen and oxygen atoms in total. The number of hydrogen-bond acceptors (Lipinski definition) is 17. The minimum Gasteiger partial charge on any atom is -0.481 e. The summed E-state index contributed by atoms with van der Waals surface area (Å²) in [5, 5.41) is 43.7. The van der Waals surface area contributed by atoms with Gasteiger partial charge in [0.2, 0.25) is 47.3 Å². The number of carboxylic acid groups (broad SMARTS) is 1. The van der Waals surface area contributed by atoms with Crippen LogP contribution in [0.2, 0.25) is 0 Å². The van der Waals surface area contributed by atoms with Crippen LogP contribution in [0.3, 0.4) is 0 Å². The molecule has 0 saturated carbocycles. The molecule has 2 aromatic carbocycles. The lowest BCUT2D eigenvalue weighted by atomic mass is 9.89. The van der Waals surface area contributed by atoms with E-state index in [9.17, 15) is 72.9 Å². The number of likely N-dealkylation sites (N-methyl/N-ethyl adjacent to an activating group) is 2. The van der Waals surface area contributed by atoms with Crippen LogP contribution in [0.25, 0.3) is 0 Å². The maximum absolute atomic E-state index is 14.8. The third-order valence-corrected chi connectivity index (χ3v) is 17.8. The highest BCUT2D eigenvalue weighted by Gasteiger charge is 2.45. The van der Waals surface area contributed by atoms with Crippen molar-refractivity contribution in [1.82, 2.24) is 45.8 Å². The third-order valence-electron chi connectivity index (χ3n) is 17.8. The second-order valence-corrected chi connectivity index (χ2v) is 25.1. The van der Waals surface area contributed by atoms with Crippen molar-refractivity contribution in [3.8, 4) is 0 Å². The number of nitrogens with one attached hydrogen (secondary N) is 5. The molecule has 0 spiro atoms. The van der Waals surface area contributed by atoms with Gasteiger partial charge in [0.1, 0.15) is 36.8 Å². The fourth-order valence-corrected chi connectivity index (χ4v) is 12.3. The Morgan fingerprint density at radius 1 is 0.691 bits per heavy atom. The summed E-state index contributed by atoms with van der Waals surface area (Å²) in [6.07, 6.45) is -0.0512. The minimum atomic E-state index is -1.74. The van der Waals surface area contributed by atoms with Crippen LogP contribution in [0.5, 0.6) is 0 Å². The van der Waals surface area contributed by atoms with E-state index < -0.39 is 157 Å². The van der Waals surface area contributed by atoms with Crippen molar-refractivity contribution in [3.05, 3.63) is 77.9 Å². The summed E-state index contributed by atoms with van der Waals surface area (Å²) in [7, 11) is 5.99. The number of hydrogen-bond donors (Lipinski definition) is 8. The zero-order valence-corrected chi connectivity index (χ0v) is 55.9. The van der Waals surface area contributed by atoms with E-state index in [-0.39, 0.29) is 62.4 Å². The van der Waals surface area contributed by atoms with Gasteiger partial charge in [0.25, 0.3) is 11.8 Å². The molecule has 2 fully saturated rings. The number of aliphatic hydroxyl groups is 2. The van der Waals surface area contributed by atoms with Gasteiger partial charge in [0, 0.05) is 72.2 Å². The van der Waals surface area contributed by atoms with Gasteiger partial charge in [-0.05, 0) is 73.6 Å². The number of likely N-dealkylation sites (tertiary alicyclic amines) is 2. The van der Waals surface area contributed by atoms with Gasteiger partial charge in [-0.3, -0.25) is 62.5 Å². The highest BCUT2D eigenvalue weighted by molar-refractivity contribution is 6.13. The summed E-state index contributed by atoms with van der Waals surface area (Å²) in [4.78, 5) is 167. The van der Waals surface area contributed by atoms with Crippen molar-refractivity contribution >= 4 is 76.8 Å². The predicted octanol–water partition coefficient (Wildman–Crippen LogP) is 2.26. The van der Waals surface area contributed by atoms with E-state index >= 15 is 0 Å². The number of carbonyl (C=O) groups is 12. The van der Waals surface area contributed by atoms with Gasteiger partial charge >= 0.3 is 12.1 Å². The first-order valence-electron chi connectivity index (χ1n) is 32.0. The third kappa shape index (κ3) is 20.1. The highest BCUT2D eigenvalue weighted by atomic mass is 16.6. The summed E-state index contributed by atoms with van der Waals surface area (Å²) in [6, 6.07) is 6.52. The van der Waals surface area contributed by atoms with Gasteiger partial charge < -0.3 is 70.8 Å². The van der Waals surface area contributed by atoms with Crippen LogP contribution >= 0.6 is 0 Å². The van der Waals surface area contributed by atoms with E-state index in [1.165, 1.54) is 55.3 Å². The minimum absolute atomic E-state index is 0.109. The molecule has 13 atom stereocenters. The van der Waals surface area contributed by atoms with Gasteiger partial charge in [0.15, 0.2) is 0 Å². The number of ether oxygens (including phenoxy) is 3. The molecule has 28 heteroatoms. The number of imide groups is 1. The number of anilines is 1. The first kappa shape index (κ1) is 76.4. The van der Waals surface area contributed by atoms with Crippen molar-refractivity contribution in [3.63, 3.8) is 0 Å². The van der Waals surface area contributed by atoms with Gasteiger partial charge in [-0.1, -0.05) is 97.4 Å². The van der Waals surface area contributed by atoms with Crippen LogP contribution in [-0.4, -0.2) is 226 Å². The second-order valence-electron chi connectivity index (χ2n) is 25.1. The lowest BCUT2D eigenvalue weighted by Crippen LogP contribution is -2.60. The molecule has 5 rings (SSSR count). The van der Waals surface area contributed by atoms with E-state index in [1.807, 2.05) is 32.0 Å². The Hall–Kier alpha value is -8.34. The fraction of sp³-hybridized carbons (Fsp3) is 0.606. The number of methoxy groups -OCH3 is 2. The molecule has 3 aliphatic rings. The highest BCUT2D eigenvalue weighted by Crippen LogP contribution is 2.31. The number of amides is 11. The summed E-state index contributed by atoms with van der Waals surface area (Å²) >= 11 is 0. The first-order valence-corrected chi connectivity index (χ1v) is 32.0. The number of carbonyl (C=O) groups excluding carboxylic acids is 11. The maximum Gasteiger partial charge on any atom is 0.410 e. The Bertz CT molecular complexity index is 3000. The second kappa shape index (κ2) is 35.8. The number of aliphatic hydroxyl groups excluding tert-OH is 2. The largest absolute Gasteiger partial charge is 0.481 e. The average molecular weight is 1320 g/mol. The molecule has 3 aliphatic heterocycles. The average Bonchev–Trinajstić information content (AvgIpc) is 1.35. The monoisotopic (exact) mass is 1320 g/mol. The van der Waals surface area contributed by atoms with Gasteiger partial charge in [-0.25, -0.2) is 4.79 Å². The summed E-state index contributed by atoms with van der Waals surface area (Å²) < 4.78 is 17.6. The number of rotatable bonds is 34. The van der Waals surface area contributed by atoms with E-state index in [4.69, 9.17) is 14.2 Å². The van der Waals surface area contributed by atoms with E-state index in [1.54, 1.807) is 65.6 Å². The van der Waals surface area contributed by atoms with Crippen molar-refractivity contribution < 1.29 is 87.1 Å². The molecular formula is C66H96N10O18. The van der Waals surface area contributed by atoms with Crippen LogP contribution in [0.4, 0.5) is 10.5 Å². The van der Waals surface area contributed by atoms with Crippen LogP contribution in [0.15, 0.2) is 66.7 Å². The standard InChI is InChI=1S/C66H96N10O18/c1-13-39(6)57(49(92-11)34-53(81)74-30-17-21-47(74)59(93-12)40(7)60(85)67-41(8)58(84)43-19-15-14-16-20-43)72(9)65(90)55(37(2)3)71-64(89)56(38(4)5)73(10)66(91)94-36-42-23-25-44(26-24-42)68-62(87)46(35-77)70-61(86)45(33-54(82)83)69-63(88)48-22-18-31-75(48)52(80)29-32-76-50(78)27-28-51(76)79/h14-16,19-20,23-28,37-41,45-49,55-59,77,84H,13,17-18,21-22,29-36H2,1-12H3,(H,67,85)(H,68,87)(H,69,88)(H,70,86)(H,71,89)(H,82,83)/t39-,40+,41+,45-,46-,47-,48-,49+,55-,56-,57-,58+,59+/m0/s1. The molecule has 8 N–H and O–H groups in total. The lowest BCUT2D eigenvalue weighted by molar-refractivity contribution is -0.148. The zero-order valence-electron chi connectivity index (χ0n) is 55.9. The molecule has 0 radical (unpaired) electrons. The molecular weight excluding hydrogens is 1220 g/mol. The SMILES string of the molecule is CC[C@H](C)[C@@H]([C@@H](CC(=O)N1CCC[C@H]1[C@H](OC)[C@@H](C)C(=O)N[C@H](C)[C@@H](O)c1ccccc1)OC)N(C)C(=O)[C@@H](NC(=O)[C@H](C(C)C)N(C)C(=O)OCc1ccc(NC(=O)[C@H](CO)NC(=O)[C@H](CC(=O)O)NC(=O)[C@@H]2CCCN2C(=O)CCN2C(=O)C=CC2=O)cc1)C(C)C. The number of aliphatic carboxylic acids is 1. The smallest absolute Gasteiger partial charge is 0.410 e. The summed E-state index contributed by atoms with van der Waals surface area (Å²) in [5.41, 5.74) is 1.28. The zero-order chi connectivity index (χ0) is 69.8. The van der Waals surface area contributed by atoms with Crippen LogP contribution in [0, 0.1) is 23.7 Å². The predicted molar refractivity (Wildman–Crippen MR) is 342 cm³/mol. The number of carboxylic acids is 1. The van der Waals surface area contributed by atoms with E-state index in [2.05, 4.69) is 26.6 Å². The molecule has 3 heterocycles. The van der Waals surface area contributed by atoms with Gasteiger partial charge in [-0.2, -0.15) is 0 Å². The molecule has 2 aromatic rings.